The highest BCUT2D eigenvalue weighted by Crippen LogP contribution is 2.45. The van der Waals surface area contributed by atoms with Gasteiger partial charge in [0.2, 0.25) is 12.4 Å². The number of anilines is 1. The van der Waals surface area contributed by atoms with Crippen LogP contribution in [0.15, 0.2) is 12.4 Å². The lowest BCUT2D eigenvalue weighted by atomic mass is 9.73. The van der Waals surface area contributed by atoms with Crippen LogP contribution in [0.25, 0.3) is 11.2 Å². The second kappa shape index (κ2) is 7.93. The molecule has 0 N–H and O–H groups in total. The smallest absolute Gasteiger partial charge is 0.241 e. The van der Waals surface area contributed by atoms with Gasteiger partial charge in [-0.1, -0.05) is 0 Å². The third-order valence-corrected chi connectivity index (χ3v) is 7.14. The molecule has 3 aromatic rings. The van der Waals surface area contributed by atoms with Crippen molar-refractivity contribution in [2.24, 2.45) is 5.92 Å². The zero-order chi connectivity index (χ0) is 22.7. The Labute approximate surface area is 190 Å². The van der Waals surface area contributed by atoms with Crippen molar-refractivity contribution >= 4 is 17.1 Å². The zero-order valence-electron chi connectivity index (χ0n) is 18.8. The molecule has 1 saturated heterocycles. The molecular formula is C23H27F2N7O. The Morgan fingerprint density at radius 1 is 1.06 bits per heavy atom. The summed E-state index contributed by atoms with van der Waals surface area (Å²) >= 11 is 0. The Kier molecular flexibility index (Phi) is 5.01. The molecule has 2 aliphatic carbocycles. The molecule has 4 heterocycles. The van der Waals surface area contributed by atoms with E-state index in [0.29, 0.717) is 55.7 Å². The molecule has 33 heavy (non-hydrogen) atoms. The van der Waals surface area contributed by atoms with Gasteiger partial charge < -0.3 is 9.64 Å². The van der Waals surface area contributed by atoms with Gasteiger partial charge in [-0.05, 0) is 39.5 Å². The molecule has 0 bridgehead atoms. The summed E-state index contributed by atoms with van der Waals surface area (Å²) < 4.78 is 34.3. The second-order valence-electron chi connectivity index (χ2n) is 9.53. The molecule has 3 aromatic heterocycles. The number of fused-ring (bicyclic) bond motifs is 1. The molecule has 8 nitrogen and oxygen atoms in total. The summed E-state index contributed by atoms with van der Waals surface area (Å²) in [6.45, 7) is 5.61. The quantitative estimate of drug-likeness (QED) is 0.577. The maximum Gasteiger partial charge on any atom is 0.241 e. The van der Waals surface area contributed by atoms with E-state index in [1.165, 1.54) is 12.8 Å². The van der Waals surface area contributed by atoms with Gasteiger partial charge in [0.25, 0.3) is 0 Å². The Hall–Kier alpha value is -2.75. The summed E-state index contributed by atoms with van der Waals surface area (Å²) in [5, 5.41) is 4.49. The van der Waals surface area contributed by atoms with Crippen molar-refractivity contribution in [1.82, 2.24) is 29.7 Å². The number of ether oxygens (including phenoxy) is 1. The number of alkyl halides is 2. The number of aromatic nitrogens is 6. The highest BCUT2D eigenvalue weighted by atomic mass is 19.3. The molecule has 3 fully saturated rings. The third-order valence-electron chi connectivity index (χ3n) is 7.14. The van der Waals surface area contributed by atoms with Crippen molar-refractivity contribution in [3.63, 3.8) is 0 Å². The molecule has 3 aliphatic rings. The van der Waals surface area contributed by atoms with Gasteiger partial charge in [-0.15, -0.1) is 0 Å². The predicted octanol–water partition coefficient (Wildman–Crippen LogP) is 3.90. The van der Waals surface area contributed by atoms with E-state index < -0.39 is 12.3 Å². The number of aryl methyl sites for hydroxylation is 2. The minimum absolute atomic E-state index is 0.0433. The van der Waals surface area contributed by atoms with E-state index in [1.807, 2.05) is 24.7 Å². The highest BCUT2D eigenvalue weighted by molar-refractivity contribution is 5.75. The van der Waals surface area contributed by atoms with Crippen molar-refractivity contribution in [3.05, 3.63) is 35.0 Å². The normalized spacial score (nSPS) is 25.6. The molecule has 1 aliphatic heterocycles. The van der Waals surface area contributed by atoms with Crippen molar-refractivity contribution < 1.29 is 13.5 Å². The van der Waals surface area contributed by atoms with Crippen LogP contribution in [0.3, 0.4) is 0 Å². The van der Waals surface area contributed by atoms with Gasteiger partial charge in [-0.3, -0.25) is 4.68 Å². The summed E-state index contributed by atoms with van der Waals surface area (Å²) in [6.07, 6.45) is 4.76. The fraction of sp³-hybridized carbons (Fsp3) is 0.609. The third kappa shape index (κ3) is 3.84. The molecule has 0 radical (unpaired) electrons. The van der Waals surface area contributed by atoms with E-state index in [1.54, 1.807) is 0 Å². The van der Waals surface area contributed by atoms with Crippen LogP contribution in [0.1, 0.15) is 66.4 Å². The first-order chi connectivity index (χ1) is 16.0. The fourth-order valence-corrected chi connectivity index (χ4v) is 4.73. The van der Waals surface area contributed by atoms with E-state index in [-0.39, 0.29) is 12.0 Å². The van der Waals surface area contributed by atoms with Crippen LogP contribution in [-0.4, -0.2) is 55.8 Å². The molecule has 2 saturated carbocycles. The van der Waals surface area contributed by atoms with Crippen LogP contribution in [0.5, 0.6) is 0 Å². The Bertz CT molecular complexity index is 1190. The molecule has 0 amide bonds. The van der Waals surface area contributed by atoms with Crippen molar-refractivity contribution in [3.8, 4) is 0 Å². The topological polar surface area (TPSA) is 81.9 Å². The monoisotopic (exact) mass is 455 g/mol. The minimum Gasteiger partial charge on any atom is -0.370 e. The summed E-state index contributed by atoms with van der Waals surface area (Å²) in [7, 11) is 0. The number of rotatable bonds is 5. The van der Waals surface area contributed by atoms with Crippen LogP contribution in [0, 0.1) is 19.8 Å². The molecule has 0 unspecified atom stereocenters. The first kappa shape index (κ1) is 20.8. The molecular weight excluding hydrogens is 428 g/mol. The van der Waals surface area contributed by atoms with Crippen LogP contribution < -0.4 is 4.90 Å². The van der Waals surface area contributed by atoms with E-state index >= 15 is 0 Å². The van der Waals surface area contributed by atoms with Gasteiger partial charge in [0.05, 0.1) is 42.5 Å². The lowest BCUT2D eigenvalue weighted by Crippen LogP contribution is -2.39. The van der Waals surface area contributed by atoms with Gasteiger partial charge in [-0.2, -0.15) is 10.1 Å². The minimum atomic E-state index is -2.29. The maximum absolute atomic E-state index is 13.1. The first-order valence-corrected chi connectivity index (χ1v) is 11.7. The lowest BCUT2D eigenvalue weighted by molar-refractivity contribution is 0.0220. The molecule has 0 aromatic carbocycles. The van der Waals surface area contributed by atoms with Gasteiger partial charge in [0, 0.05) is 30.1 Å². The average Bonchev–Trinajstić information content (AvgIpc) is 3.50. The number of hydrogen-bond acceptors (Lipinski definition) is 7. The molecule has 6 rings (SSSR count). The summed E-state index contributed by atoms with van der Waals surface area (Å²) in [4.78, 5) is 21.1. The fourth-order valence-electron chi connectivity index (χ4n) is 4.73. The maximum atomic E-state index is 13.1. The van der Waals surface area contributed by atoms with Crippen LogP contribution in [0.2, 0.25) is 0 Å². The number of halogens is 2. The van der Waals surface area contributed by atoms with Crippen LogP contribution in [-0.2, 0) is 4.74 Å². The van der Waals surface area contributed by atoms with Gasteiger partial charge in [-0.25, -0.2) is 23.7 Å². The molecule has 0 spiro atoms. The van der Waals surface area contributed by atoms with E-state index in [0.717, 1.165) is 22.6 Å². The number of morpholine rings is 1. The van der Waals surface area contributed by atoms with Gasteiger partial charge in [0.15, 0.2) is 5.65 Å². The molecule has 1 atom stereocenters. The van der Waals surface area contributed by atoms with Crippen molar-refractivity contribution in [2.45, 2.75) is 64.0 Å². The standard InChI is InChI=1S/C23H27F2N7O/c1-12-13(2)28-22-20(27-12)19(14-7-15(8-14)21(24)25)29-23(30-22)31-5-6-33-18(11-31)16-9-26-32(10-16)17-3-4-17/h9-10,14-15,17-18,21H,3-8,11H2,1-2H3/t14?,15?,18-/m1/s1. The Balaban J connectivity index is 1.32. The summed E-state index contributed by atoms with van der Waals surface area (Å²) in [5.41, 5.74) is 4.58. The van der Waals surface area contributed by atoms with Crippen molar-refractivity contribution in [1.29, 1.82) is 0 Å². The van der Waals surface area contributed by atoms with Crippen molar-refractivity contribution in [2.75, 3.05) is 24.6 Å². The summed E-state index contributed by atoms with van der Waals surface area (Å²) in [6, 6.07) is 0.523. The number of nitrogens with zero attached hydrogens (tertiary/aromatic N) is 7. The molecule has 10 heteroatoms. The SMILES string of the molecule is Cc1nc2nc(N3CCO[C@@H](c4cnn(C5CC5)c4)C3)nc(C3CC(C(F)F)C3)c2nc1C. The Morgan fingerprint density at radius 3 is 2.61 bits per heavy atom. The first-order valence-electron chi connectivity index (χ1n) is 11.7. The van der Waals surface area contributed by atoms with Gasteiger partial charge in [0.1, 0.15) is 11.6 Å². The second-order valence-corrected chi connectivity index (χ2v) is 9.53. The number of hydrogen-bond donors (Lipinski definition) is 0. The predicted molar refractivity (Wildman–Crippen MR) is 117 cm³/mol. The van der Waals surface area contributed by atoms with Crippen LogP contribution in [0.4, 0.5) is 14.7 Å². The highest BCUT2D eigenvalue weighted by Gasteiger charge is 2.39. The van der Waals surface area contributed by atoms with E-state index in [2.05, 4.69) is 21.2 Å². The van der Waals surface area contributed by atoms with E-state index in [9.17, 15) is 8.78 Å². The average molecular weight is 456 g/mol. The summed E-state index contributed by atoms with van der Waals surface area (Å²) in [5.74, 6) is -0.0459. The van der Waals surface area contributed by atoms with E-state index in [4.69, 9.17) is 19.7 Å². The molecule has 174 valence electrons. The van der Waals surface area contributed by atoms with Gasteiger partial charge >= 0.3 is 0 Å². The Morgan fingerprint density at radius 2 is 1.85 bits per heavy atom. The largest absolute Gasteiger partial charge is 0.370 e. The van der Waals surface area contributed by atoms with Crippen LogP contribution >= 0.6 is 0 Å². The lowest BCUT2D eigenvalue weighted by Gasteiger charge is -2.36. The zero-order valence-corrected chi connectivity index (χ0v) is 18.8.